The SMILES string of the molecule is O=C(CC12C[C@@H]3C[C@@H](CC(O)(C3)C1)C2)OCc1cc(-c2ccccc2)on1. The predicted octanol–water partition coefficient (Wildman–Crippen LogP) is 4.11. The molecule has 0 amide bonds. The molecule has 4 aliphatic rings. The van der Waals surface area contributed by atoms with Crippen molar-refractivity contribution in [3.05, 3.63) is 42.1 Å². The summed E-state index contributed by atoms with van der Waals surface area (Å²) in [6.45, 7) is 0.127. The summed E-state index contributed by atoms with van der Waals surface area (Å²) >= 11 is 0. The molecule has 27 heavy (non-hydrogen) atoms. The first-order chi connectivity index (χ1) is 13.0. The molecule has 4 bridgehead atoms. The zero-order valence-electron chi connectivity index (χ0n) is 15.4. The number of aromatic nitrogens is 1. The first-order valence-corrected chi connectivity index (χ1v) is 9.90. The van der Waals surface area contributed by atoms with Crippen molar-refractivity contribution >= 4 is 5.97 Å². The number of rotatable bonds is 5. The fraction of sp³-hybridized carbons (Fsp3) is 0.545. The molecule has 5 nitrogen and oxygen atoms in total. The summed E-state index contributed by atoms with van der Waals surface area (Å²) in [5.74, 6) is 1.64. The van der Waals surface area contributed by atoms with Gasteiger partial charge in [0.25, 0.3) is 0 Å². The molecule has 2 aromatic rings. The second-order valence-corrected chi connectivity index (χ2v) is 9.07. The summed E-state index contributed by atoms with van der Waals surface area (Å²) < 4.78 is 10.9. The smallest absolute Gasteiger partial charge is 0.306 e. The quantitative estimate of drug-likeness (QED) is 0.805. The molecule has 0 spiro atoms. The third kappa shape index (κ3) is 3.29. The van der Waals surface area contributed by atoms with Crippen molar-refractivity contribution in [3.8, 4) is 11.3 Å². The van der Waals surface area contributed by atoms with Gasteiger partial charge in [0.15, 0.2) is 5.76 Å². The molecule has 4 aliphatic carbocycles. The Labute approximate surface area is 158 Å². The van der Waals surface area contributed by atoms with Gasteiger partial charge in [-0.05, 0) is 55.8 Å². The van der Waals surface area contributed by atoms with Gasteiger partial charge in [0, 0.05) is 11.6 Å². The van der Waals surface area contributed by atoms with Gasteiger partial charge in [-0.15, -0.1) is 0 Å². The first kappa shape index (κ1) is 17.0. The Bertz CT molecular complexity index is 829. The third-order valence-corrected chi connectivity index (χ3v) is 6.67. The third-order valence-electron chi connectivity index (χ3n) is 6.67. The van der Waals surface area contributed by atoms with Gasteiger partial charge in [-0.1, -0.05) is 35.5 Å². The molecule has 4 saturated carbocycles. The summed E-state index contributed by atoms with van der Waals surface area (Å²) in [6.07, 6.45) is 6.34. The lowest BCUT2D eigenvalue weighted by atomic mass is 9.47. The van der Waals surface area contributed by atoms with Crippen LogP contribution < -0.4 is 0 Å². The molecule has 0 saturated heterocycles. The van der Waals surface area contributed by atoms with Crippen LogP contribution in [0.15, 0.2) is 40.9 Å². The van der Waals surface area contributed by atoms with Gasteiger partial charge in [0.1, 0.15) is 12.3 Å². The maximum absolute atomic E-state index is 12.5. The average molecular weight is 367 g/mol. The van der Waals surface area contributed by atoms with Crippen LogP contribution in [0.3, 0.4) is 0 Å². The lowest BCUT2D eigenvalue weighted by Crippen LogP contribution is -2.56. The number of carbonyl (C=O) groups excluding carboxylic acids is 1. The van der Waals surface area contributed by atoms with E-state index in [4.69, 9.17) is 9.26 Å². The van der Waals surface area contributed by atoms with E-state index >= 15 is 0 Å². The van der Waals surface area contributed by atoms with Gasteiger partial charge in [0.2, 0.25) is 0 Å². The Hall–Kier alpha value is -2.14. The molecule has 142 valence electrons. The standard InChI is InChI=1S/C22H25NO4/c24-20(12-21-8-15-6-16(9-21)11-22(25,10-15)14-21)26-13-18-7-19(27-23-18)17-4-2-1-3-5-17/h1-5,7,15-16,25H,6,8-14H2/t15-,16+,21?,22?. The van der Waals surface area contributed by atoms with E-state index in [1.54, 1.807) is 0 Å². The number of carbonyl (C=O) groups is 1. The number of hydrogen-bond donors (Lipinski definition) is 1. The fourth-order valence-electron chi connectivity index (χ4n) is 6.24. The van der Waals surface area contributed by atoms with E-state index in [0.717, 1.165) is 37.7 Å². The second-order valence-electron chi connectivity index (χ2n) is 9.07. The molecular weight excluding hydrogens is 342 g/mol. The predicted molar refractivity (Wildman–Crippen MR) is 98.4 cm³/mol. The Morgan fingerprint density at radius 1 is 1.19 bits per heavy atom. The molecule has 5 heteroatoms. The number of nitrogens with zero attached hydrogens (tertiary/aromatic N) is 1. The number of hydrogen-bond acceptors (Lipinski definition) is 5. The summed E-state index contributed by atoms with van der Waals surface area (Å²) in [5, 5.41) is 14.8. The van der Waals surface area contributed by atoms with Crippen molar-refractivity contribution in [3.63, 3.8) is 0 Å². The van der Waals surface area contributed by atoms with Crippen molar-refractivity contribution in [2.75, 3.05) is 0 Å². The highest BCUT2D eigenvalue weighted by Crippen LogP contribution is 2.62. The highest BCUT2D eigenvalue weighted by molar-refractivity contribution is 5.70. The molecule has 1 heterocycles. The Kier molecular flexibility index (Phi) is 3.90. The summed E-state index contributed by atoms with van der Waals surface area (Å²) in [7, 11) is 0. The molecule has 0 aliphatic heterocycles. The van der Waals surface area contributed by atoms with Gasteiger partial charge in [-0.2, -0.15) is 0 Å². The minimum Gasteiger partial charge on any atom is -0.459 e. The van der Waals surface area contributed by atoms with Crippen molar-refractivity contribution < 1.29 is 19.2 Å². The highest BCUT2D eigenvalue weighted by Gasteiger charge is 2.57. The minimum absolute atomic E-state index is 0.0606. The molecule has 1 aromatic carbocycles. The van der Waals surface area contributed by atoms with Crippen LogP contribution in [0, 0.1) is 17.3 Å². The zero-order chi connectivity index (χ0) is 18.5. The maximum Gasteiger partial charge on any atom is 0.306 e. The normalized spacial score (nSPS) is 34.0. The van der Waals surface area contributed by atoms with E-state index in [2.05, 4.69) is 5.16 Å². The minimum atomic E-state index is -0.541. The van der Waals surface area contributed by atoms with Crippen molar-refractivity contribution in [2.45, 2.75) is 57.2 Å². The van der Waals surface area contributed by atoms with Crippen LogP contribution in [0.1, 0.15) is 50.6 Å². The molecule has 4 atom stereocenters. The highest BCUT2D eigenvalue weighted by atomic mass is 16.5. The lowest BCUT2D eigenvalue weighted by molar-refractivity contribution is -0.177. The summed E-state index contributed by atoms with van der Waals surface area (Å²) in [4.78, 5) is 12.5. The molecule has 2 unspecified atom stereocenters. The van der Waals surface area contributed by atoms with Crippen LogP contribution in [0.25, 0.3) is 11.3 Å². The van der Waals surface area contributed by atoms with Crippen LogP contribution in [0.4, 0.5) is 0 Å². The van der Waals surface area contributed by atoms with Crippen molar-refractivity contribution in [1.82, 2.24) is 5.16 Å². The number of aliphatic hydroxyl groups is 1. The van der Waals surface area contributed by atoms with Crippen LogP contribution in [-0.2, 0) is 16.1 Å². The van der Waals surface area contributed by atoms with E-state index < -0.39 is 5.60 Å². The van der Waals surface area contributed by atoms with E-state index in [-0.39, 0.29) is 18.0 Å². The van der Waals surface area contributed by atoms with Gasteiger partial charge >= 0.3 is 5.97 Å². The molecule has 1 aromatic heterocycles. The van der Waals surface area contributed by atoms with E-state index in [1.807, 2.05) is 36.4 Å². The molecule has 6 rings (SSSR count). The van der Waals surface area contributed by atoms with Gasteiger partial charge < -0.3 is 14.4 Å². The Morgan fingerprint density at radius 2 is 1.93 bits per heavy atom. The van der Waals surface area contributed by atoms with E-state index in [1.165, 1.54) is 6.42 Å². The fourth-order valence-corrected chi connectivity index (χ4v) is 6.24. The molecule has 4 fully saturated rings. The topological polar surface area (TPSA) is 72.6 Å². The number of esters is 1. The monoisotopic (exact) mass is 367 g/mol. The molecular formula is C22H25NO4. The number of ether oxygens (including phenoxy) is 1. The number of benzene rings is 1. The van der Waals surface area contributed by atoms with Crippen LogP contribution in [-0.4, -0.2) is 21.8 Å². The summed E-state index contributed by atoms with van der Waals surface area (Å²) in [6, 6.07) is 11.6. The Morgan fingerprint density at radius 3 is 2.63 bits per heavy atom. The lowest BCUT2D eigenvalue weighted by Gasteiger charge is -2.60. The summed E-state index contributed by atoms with van der Waals surface area (Å²) in [5.41, 5.74) is 0.964. The van der Waals surface area contributed by atoms with E-state index in [9.17, 15) is 9.90 Å². The van der Waals surface area contributed by atoms with E-state index in [0.29, 0.717) is 29.7 Å². The van der Waals surface area contributed by atoms with Gasteiger partial charge in [-0.25, -0.2) is 0 Å². The molecule has 1 N–H and O–H groups in total. The molecule has 0 radical (unpaired) electrons. The average Bonchev–Trinajstić information content (AvgIpc) is 3.07. The Balaban J connectivity index is 1.20. The van der Waals surface area contributed by atoms with Crippen LogP contribution in [0.5, 0.6) is 0 Å². The van der Waals surface area contributed by atoms with Crippen molar-refractivity contribution in [1.29, 1.82) is 0 Å². The second kappa shape index (κ2) is 6.20. The first-order valence-electron chi connectivity index (χ1n) is 9.90. The largest absolute Gasteiger partial charge is 0.459 e. The van der Waals surface area contributed by atoms with Crippen molar-refractivity contribution in [2.24, 2.45) is 17.3 Å². The maximum atomic E-state index is 12.5. The zero-order valence-corrected chi connectivity index (χ0v) is 15.4. The van der Waals surface area contributed by atoms with Gasteiger partial charge in [-0.3, -0.25) is 4.79 Å². The van der Waals surface area contributed by atoms with Crippen LogP contribution >= 0.6 is 0 Å². The van der Waals surface area contributed by atoms with Gasteiger partial charge in [0.05, 0.1) is 12.0 Å². The van der Waals surface area contributed by atoms with Crippen LogP contribution in [0.2, 0.25) is 0 Å².